The minimum atomic E-state index is 0.341. The highest BCUT2D eigenvalue weighted by atomic mass is 16.2. The van der Waals surface area contributed by atoms with Crippen LogP contribution in [0.5, 0.6) is 0 Å². The van der Waals surface area contributed by atoms with Gasteiger partial charge in [0.15, 0.2) is 0 Å². The summed E-state index contributed by atoms with van der Waals surface area (Å²) in [4.78, 5) is 16.8. The van der Waals surface area contributed by atoms with Gasteiger partial charge in [-0.1, -0.05) is 32.6 Å². The Morgan fingerprint density at radius 2 is 1.81 bits per heavy atom. The molecule has 122 valence electrons. The average Bonchev–Trinajstić information content (AvgIpc) is 2.54. The zero-order chi connectivity index (χ0) is 14.9. The topological polar surface area (TPSA) is 35.6 Å². The minimum absolute atomic E-state index is 0.341. The molecule has 0 bridgehead atoms. The van der Waals surface area contributed by atoms with Gasteiger partial charge in [-0.05, 0) is 25.8 Å². The van der Waals surface area contributed by atoms with E-state index in [1.165, 1.54) is 51.5 Å². The van der Waals surface area contributed by atoms with Gasteiger partial charge in [0.25, 0.3) is 0 Å². The standard InChI is InChI=1S/C17H33N3O/c1-2-3-11-19-12-14-20(15-13-19)17(21)9-10-18-16-7-5-4-6-8-16/h16,18H,2-15H2,1H3. The maximum atomic E-state index is 12.2. The number of piperazine rings is 1. The van der Waals surface area contributed by atoms with E-state index in [4.69, 9.17) is 0 Å². The lowest BCUT2D eigenvalue weighted by atomic mass is 9.95. The number of carbonyl (C=O) groups excluding carboxylic acids is 1. The second-order valence-corrected chi connectivity index (χ2v) is 6.62. The summed E-state index contributed by atoms with van der Waals surface area (Å²) in [6.45, 7) is 8.25. The molecule has 0 unspecified atom stereocenters. The Morgan fingerprint density at radius 1 is 1.10 bits per heavy atom. The Balaban J connectivity index is 1.56. The second kappa shape index (κ2) is 9.42. The van der Waals surface area contributed by atoms with Crippen LogP contribution < -0.4 is 5.32 Å². The van der Waals surface area contributed by atoms with Crippen molar-refractivity contribution in [2.75, 3.05) is 39.3 Å². The van der Waals surface area contributed by atoms with E-state index in [2.05, 4.69) is 22.0 Å². The molecular weight excluding hydrogens is 262 g/mol. The molecule has 1 heterocycles. The van der Waals surface area contributed by atoms with Gasteiger partial charge in [-0.2, -0.15) is 0 Å². The molecule has 0 aromatic rings. The first-order chi connectivity index (χ1) is 10.3. The van der Waals surface area contributed by atoms with E-state index in [0.717, 1.165) is 32.7 Å². The highest BCUT2D eigenvalue weighted by Gasteiger charge is 2.20. The van der Waals surface area contributed by atoms with E-state index in [1.54, 1.807) is 0 Å². The molecule has 1 saturated carbocycles. The number of amides is 1. The molecule has 0 aromatic heterocycles. The fourth-order valence-corrected chi connectivity index (χ4v) is 3.45. The van der Waals surface area contributed by atoms with Crippen LogP contribution >= 0.6 is 0 Å². The Bertz CT molecular complexity index is 294. The van der Waals surface area contributed by atoms with E-state index in [1.807, 2.05) is 0 Å². The Kier molecular flexibility index (Phi) is 7.51. The van der Waals surface area contributed by atoms with E-state index >= 15 is 0 Å². The normalized spacial score (nSPS) is 21.7. The number of unbranched alkanes of at least 4 members (excludes halogenated alkanes) is 1. The first-order valence-electron chi connectivity index (χ1n) is 9.03. The lowest BCUT2D eigenvalue weighted by Gasteiger charge is -2.35. The molecule has 1 saturated heterocycles. The molecule has 2 fully saturated rings. The largest absolute Gasteiger partial charge is 0.340 e. The number of hydrogen-bond donors (Lipinski definition) is 1. The zero-order valence-electron chi connectivity index (χ0n) is 13.8. The van der Waals surface area contributed by atoms with Crippen molar-refractivity contribution in [3.05, 3.63) is 0 Å². The van der Waals surface area contributed by atoms with Crippen LogP contribution in [0.4, 0.5) is 0 Å². The minimum Gasteiger partial charge on any atom is -0.340 e. The fraction of sp³-hybridized carbons (Fsp3) is 0.941. The predicted molar refractivity (Wildman–Crippen MR) is 87.4 cm³/mol. The summed E-state index contributed by atoms with van der Waals surface area (Å²) in [5.41, 5.74) is 0. The number of rotatable bonds is 7. The molecule has 0 atom stereocenters. The molecule has 4 nitrogen and oxygen atoms in total. The first kappa shape index (κ1) is 16.8. The van der Waals surface area contributed by atoms with Gasteiger partial charge in [0.2, 0.25) is 5.91 Å². The van der Waals surface area contributed by atoms with Gasteiger partial charge in [-0.3, -0.25) is 9.69 Å². The summed E-state index contributed by atoms with van der Waals surface area (Å²) in [5.74, 6) is 0.341. The van der Waals surface area contributed by atoms with Crippen molar-refractivity contribution in [2.24, 2.45) is 0 Å². The monoisotopic (exact) mass is 295 g/mol. The van der Waals surface area contributed by atoms with E-state index in [9.17, 15) is 4.79 Å². The number of nitrogens with one attached hydrogen (secondary N) is 1. The zero-order valence-corrected chi connectivity index (χ0v) is 13.8. The van der Waals surface area contributed by atoms with Crippen molar-refractivity contribution in [3.8, 4) is 0 Å². The quantitative estimate of drug-likeness (QED) is 0.782. The van der Waals surface area contributed by atoms with Gasteiger partial charge in [0.1, 0.15) is 0 Å². The average molecular weight is 295 g/mol. The SMILES string of the molecule is CCCCN1CCN(C(=O)CCNC2CCCCC2)CC1. The molecule has 1 aliphatic carbocycles. The molecule has 0 spiro atoms. The molecule has 4 heteroatoms. The molecule has 0 radical (unpaired) electrons. The second-order valence-electron chi connectivity index (χ2n) is 6.62. The van der Waals surface area contributed by atoms with Crippen LogP contribution in [0.15, 0.2) is 0 Å². The molecule has 2 rings (SSSR count). The highest BCUT2D eigenvalue weighted by Crippen LogP contribution is 2.17. The van der Waals surface area contributed by atoms with Crippen molar-refractivity contribution in [2.45, 2.75) is 64.3 Å². The van der Waals surface area contributed by atoms with Gasteiger partial charge < -0.3 is 10.2 Å². The first-order valence-corrected chi connectivity index (χ1v) is 9.03. The summed E-state index contributed by atoms with van der Waals surface area (Å²) < 4.78 is 0. The molecule has 1 N–H and O–H groups in total. The van der Waals surface area contributed by atoms with Crippen molar-refractivity contribution in [3.63, 3.8) is 0 Å². The van der Waals surface area contributed by atoms with Crippen LogP contribution in [0.25, 0.3) is 0 Å². The summed E-state index contributed by atoms with van der Waals surface area (Å²) >= 11 is 0. The number of carbonyl (C=O) groups is 1. The Morgan fingerprint density at radius 3 is 2.48 bits per heavy atom. The van der Waals surface area contributed by atoms with Gasteiger partial charge in [-0.15, -0.1) is 0 Å². The van der Waals surface area contributed by atoms with E-state index in [-0.39, 0.29) is 0 Å². The third-order valence-electron chi connectivity index (χ3n) is 4.93. The van der Waals surface area contributed by atoms with Gasteiger partial charge in [0, 0.05) is 45.2 Å². The molecule has 21 heavy (non-hydrogen) atoms. The van der Waals surface area contributed by atoms with Gasteiger partial charge >= 0.3 is 0 Å². The maximum Gasteiger partial charge on any atom is 0.223 e. The molecule has 0 aromatic carbocycles. The number of nitrogens with zero attached hydrogens (tertiary/aromatic N) is 2. The van der Waals surface area contributed by atoms with Crippen molar-refractivity contribution < 1.29 is 4.79 Å². The molecule has 2 aliphatic rings. The maximum absolute atomic E-state index is 12.2. The summed E-state index contributed by atoms with van der Waals surface area (Å²) in [7, 11) is 0. The van der Waals surface area contributed by atoms with Crippen molar-refractivity contribution in [1.82, 2.24) is 15.1 Å². The fourth-order valence-electron chi connectivity index (χ4n) is 3.45. The van der Waals surface area contributed by atoms with Crippen molar-refractivity contribution in [1.29, 1.82) is 0 Å². The predicted octanol–water partition coefficient (Wildman–Crippen LogP) is 2.24. The van der Waals surface area contributed by atoms with Gasteiger partial charge in [0.05, 0.1) is 0 Å². The Labute approximate surface area is 130 Å². The third kappa shape index (κ3) is 5.95. The van der Waals surface area contributed by atoms with E-state index in [0.29, 0.717) is 18.4 Å². The van der Waals surface area contributed by atoms with E-state index < -0.39 is 0 Å². The Hall–Kier alpha value is -0.610. The summed E-state index contributed by atoms with van der Waals surface area (Å²) in [6.07, 6.45) is 9.89. The molecule has 1 amide bonds. The van der Waals surface area contributed by atoms with Crippen LogP contribution in [0.1, 0.15) is 58.3 Å². The highest BCUT2D eigenvalue weighted by molar-refractivity contribution is 5.76. The molecule has 1 aliphatic heterocycles. The third-order valence-corrected chi connectivity index (χ3v) is 4.93. The molecular formula is C17H33N3O. The lowest BCUT2D eigenvalue weighted by Crippen LogP contribution is -2.49. The van der Waals surface area contributed by atoms with Gasteiger partial charge in [-0.25, -0.2) is 0 Å². The van der Waals surface area contributed by atoms with Crippen LogP contribution in [-0.4, -0.2) is 61.0 Å². The van der Waals surface area contributed by atoms with Crippen LogP contribution in [0.3, 0.4) is 0 Å². The smallest absolute Gasteiger partial charge is 0.223 e. The summed E-state index contributed by atoms with van der Waals surface area (Å²) in [6, 6.07) is 0.664. The number of hydrogen-bond acceptors (Lipinski definition) is 3. The van der Waals surface area contributed by atoms with Crippen LogP contribution in [0, 0.1) is 0 Å². The van der Waals surface area contributed by atoms with Crippen molar-refractivity contribution >= 4 is 5.91 Å². The lowest BCUT2D eigenvalue weighted by molar-refractivity contribution is -0.132. The van der Waals surface area contributed by atoms with Crippen LogP contribution in [-0.2, 0) is 4.79 Å². The van der Waals surface area contributed by atoms with Crippen LogP contribution in [0.2, 0.25) is 0 Å². The summed E-state index contributed by atoms with van der Waals surface area (Å²) in [5, 5.41) is 3.57.